The second-order valence-corrected chi connectivity index (χ2v) is 27.9. The van der Waals surface area contributed by atoms with Gasteiger partial charge < -0.3 is 32.7 Å². The first-order valence-electron chi connectivity index (χ1n) is 27.4. The van der Waals surface area contributed by atoms with Crippen LogP contribution in [0.25, 0.3) is 0 Å². The molecule has 0 amide bonds. The summed E-state index contributed by atoms with van der Waals surface area (Å²) in [5.41, 5.74) is 5.00. The molecular formula is C61H69B5Cl10NO2SY5-5. The first-order chi connectivity index (χ1) is 38.3. The van der Waals surface area contributed by atoms with Gasteiger partial charge in [-0.25, -0.2) is 7.11 Å². The Hall–Kier alpha value is 5.35. The molecule has 0 bridgehead atoms. The van der Waals surface area contributed by atoms with Crippen LogP contribution in [0.3, 0.4) is 0 Å². The zero-order chi connectivity index (χ0) is 58.5. The molecule has 5 saturated carbocycles. The van der Waals surface area contributed by atoms with Gasteiger partial charge in [-0.1, -0.05) is 114 Å². The fourth-order valence-electron chi connectivity index (χ4n) is 11.1. The molecule has 1 aromatic heterocycles. The van der Waals surface area contributed by atoms with Crippen molar-refractivity contribution in [2.45, 2.75) is 173 Å². The topological polar surface area (TPSA) is 31.4 Å². The summed E-state index contributed by atoms with van der Waals surface area (Å²) in [6, 6.07) is 27.3. The van der Waals surface area contributed by atoms with E-state index in [9.17, 15) is 0 Å². The van der Waals surface area contributed by atoms with Gasteiger partial charge in [0.05, 0.1) is 51.6 Å². The standard InChI is InChI=1S/C14H16BCl2.C13H14BCl2O.C13H14BCl2.C11H13BCl2NS.C10H12BCl2O.5Y/c1-2-9-4-3-5-10(6-9)7-11-12(16)8-13(17)14(11)15;1-17-9-4-2-3-8(5-9)6-10-11(15)7-12(16)13(10)14;14-13-10(11(15)8-12(13)16)7-6-9-4-2-1-3-5-9;12-11-7(8(13)6-9(11)14)2-1-3-10-15-4-5-16-10;1-14-5-3-2-4-7-8(12)6-9(13)10(7)11;;;;;/h3-6,11-14H,1-2,7-8H2;2-5,10-13H,1,6-7H2;2-5,10-13H,6-8H2;4,7-9,11H,1-3,6H2;7-10H,1,4-6H2;;;;;/q5*-1;;;;;. The SMILES string of the molecule is [B]C1C(Cl)CC(Cl)C1CC#CCO[CH2-].[B]C1C(Cl)CC(Cl)C1CCCc1nc[c-]s1.[B]C1C(Cl)CC(Cl)C1CCc1cc[c-]cc1.[B]C1C(Cl)CC(Cl)C1Cc1cccc(C[CH2-])c1.[B]C1C(Cl)CC(Cl)C1Cc1cccc(O[CH2-])c1.[Y].[Y].[Y].[Y].[Y]. The number of aromatic nitrogens is 1. The Morgan fingerprint density at radius 3 is 1.38 bits per heavy atom. The molecule has 0 saturated heterocycles. The van der Waals surface area contributed by atoms with Crippen LogP contribution in [0.2, 0.25) is 29.1 Å². The van der Waals surface area contributed by atoms with E-state index >= 15 is 0 Å². The molecule has 4 aromatic rings. The Morgan fingerprint density at radius 2 is 0.953 bits per heavy atom. The van der Waals surface area contributed by atoms with E-state index in [1.165, 1.54) is 16.7 Å². The quantitative estimate of drug-likeness (QED) is 0.0514. The van der Waals surface area contributed by atoms with Gasteiger partial charge in [-0.05, 0) is 104 Å². The first kappa shape index (κ1) is 90.4. The van der Waals surface area contributed by atoms with Crippen LogP contribution in [0.15, 0.2) is 79.0 Å². The van der Waals surface area contributed by atoms with E-state index in [4.69, 9.17) is 160 Å². The second-order valence-electron chi connectivity index (χ2n) is 21.4. The van der Waals surface area contributed by atoms with Gasteiger partial charge in [0, 0.05) is 224 Å². The minimum absolute atomic E-state index is 0. The molecule has 24 heteroatoms. The molecule has 0 spiro atoms. The second kappa shape index (κ2) is 49.0. The zero-order valence-electron chi connectivity index (χ0n) is 48.0. The van der Waals surface area contributed by atoms with Crippen LogP contribution >= 0.6 is 127 Å². The van der Waals surface area contributed by atoms with Gasteiger partial charge in [-0.2, -0.15) is 54.8 Å². The van der Waals surface area contributed by atoms with Crippen LogP contribution < -0.4 is 4.74 Å². The van der Waals surface area contributed by atoms with Gasteiger partial charge in [-0.3, -0.25) is 0 Å². The summed E-state index contributed by atoms with van der Waals surface area (Å²) in [6.07, 6.45) is 14.1. The number of hydrogen-bond acceptors (Lipinski definition) is 4. The third-order valence-corrected chi connectivity index (χ3v) is 21.6. The fraction of sp³-hybridized carbons (Fsp3) is 0.574. The molecule has 0 aliphatic heterocycles. The van der Waals surface area contributed by atoms with Crippen molar-refractivity contribution in [3.05, 3.63) is 139 Å². The van der Waals surface area contributed by atoms with Crippen LogP contribution in [-0.2, 0) is 200 Å². The number of benzene rings is 3. The largest absolute Gasteiger partial charge is 0.665 e. The van der Waals surface area contributed by atoms with Gasteiger partial charge in [0.1, 0.15) is 0 Å². The van der Waals surface area contributed by atoms with E-state index in [2.05, 4.69) is 90.5 Å². The average molecular weight is 1730 g/mol. The van der Waals surface area contributed by atoms with Crippen LogP contribution in [0.4, 0.5) is 0 Å². The number of alkyl halides is 10. The third-order valence-electron chi connectivity index (χ3n) is 16.0. The van der Waals surface area contributed by atoms with E-state index < -0.39 is 0 Å². The van der Waals surface area contributed by atoms with Crippen molar-refractivity contribution in [3.63, 3.8) is 0 Å². The Balaban J connectivity index is 0.00000102. The fourth-order valence-corrected chi connectivity index (χ4v) is 16.3. The Bertz CT molecular complexity index is 2370. The van der Waals surface area contributed by atoms with Gasteiger partial charge >= 0.3 is 0 Å². The van der Waals surface area contributed by atoms with Crippen molar-refractivity contribution in [1.82, 2.24) is 4.98 Å². The van der Waals surface area contributed by atoms with Gasteiger partial charge in [-0.15, -0.1) is 122 Å². The van der Waals surface area contributed by atoms with E-state index in [1.54, 1.807) is 17.5 Å². The Kier molecular flexibility index (Phi) is 52.1. The average Bonchev–Trinajstić information content (AvgIpc) is 4.32. The number of rotatable bonds is 15. The zero-order valence-corrected chi connectivity index (χ0v) is 70.6. The minimum Gasteiger partial charge on any atom is -0.665 e. The maximum Gasteiger partial charge on any atom is 0.0845 e. The van der Waals surface area contributed by atoms with Gasteiger partial charge in [0.25, 0.3) is 0 Å². The van der Waals surface area contributed by atoms with Crippen LogP contribution in [0, 0.1) is 74.0 Å². The first-order valence-corrected chi connectivity index (χ1v) is 32.6. The summed E-state index contributed by atoms with van der Waals surface area (Å²) in [7, 11) is 36.8. The summed E-state index contributed by atoms with van der Waals surface area (Å²) in [5, 5.41) is 4.65. The number of aryl methyl sites for hydroxylation is 2. The molecule has 5 aliphatic rings. The number of thiazole rings is 1. The maximum absolute atomic E-state index is 6.31. The van der Waals surface area contributed by atoms with E-state index in [1.807, 2.05) is 36.4 Å². The minimum atomic E-state index is -0.0471. The van der Waals surface area contributed by atoms with Gasteiger partial charge in [0.15, 0.2) is 0 Å². The number of halogens is 10. The Morgan fingerprint density at radius 1 is 0.518 bits per heavy atom. The molecule has 85 heavy (non-hydrogen) atoms. The van der Waals surface area contributed by atoms with E-state index in [0.717, 1.165) is 99.8 Å². The van der Waals surface area contributed by atoms with Crippen molar-refractivity contribution in [2.24, 2.45) is 29.6 Å². The van der Waals surface area contributed by atoms with Crippen molar-refractivity contribution in [3.8, 4) is 17.6 Å². The van der Waals surface area contributed by atoms with E-state index in [0.29, 0.717) is 24.9 Å². The third kappa shape index (κ3) is 30.6. The predicted octanol–water partition coefficient (Wildman–Crippen LogP) is 16.8. The molecule has 5 fully saturated rings. The molecular weight excluding hydrogens is 1660 g/mol. The predicted molar refractivity (Wildman–Crippen MR) is 351 cm³/mol. The van der Waals surface area contributed by atoms with Crippen LogP contribution in [0.1, 0.15) is 85.0 Å². The molecule has 5 aliphatic carbocycles. The van der Waals surface area contributed by atoms with Crippen molar-refractivity contribution in [2.75, 3.05) is 6.61 Å². The van der Waals surface area contributed by atoms with E-state index in [-0.39, 0.29) is 264 Å². The molecule has 3 aromatic carbocycles. The van der Waals surface area contributed by atoms with Crippen LogP contribution in [-0.4, -0.2) is 105 Å². The van der Waals surface area contributed by atoms with Crippen molar-refractivity contribution in [1.29, 1.82) is 0 Å². The Labute approximate surface area is 698 Å². The summed E-state index contributed by atoms with van der Waals surface area (Å²) in [4.78, 5) is 4.21. The number of nitrogens with zero attached hydrogens (tertiary/aromatic N) is 1. The summed E-state index contributed by atoms with van der Waals surface area (Å²) in [5.74, 6) is 7.94. The molecule has 1 heterocycles. The monoisotopic (exact) mass is 1730 g/mol. The number of ether oxygens (including phenoxy) is 2. The molecule has 441 valence electrons. The molecule has 0 N–H and O–H groups in total. The molecule has 3 nitrogen and oxygen atoms in total. The maximum atomic E-state index is 6.31. The normalized spacial score (nSPS) is 32.0. The molecule has 15 radical (unpaired) electrons. The summed E-state index contributed by atoms with van der Waals surface area (Å²) < 4.78 is 9.52. The van der Waals surface area contributed by atoms with Crippen molar-refractivity contribution >= 4 is 167 Å². The van der Waals surface area contributed by atoms with Crippen LogP contribution in [0.5, 0.6) is 5.75 Å². The molecule has 20 atom stereocenters. The summed E-state index contributed by atoms with van der Waals surface area (Å²) >= 11 is 63.3. The molecule has 20 unspecified atom stereocenters. The van der Waals surface area contributed by atoms with Gasteiger partial charge in [0.2, 0.25) is 0 Å². The smallest absolute Gasteiger partial charge is 0.0845 e. The van der Waals surface area contributed by atoms with Crippen molar-refractivity contribution < 1.29 is 173 Å². The molecule has 9 rings (SSSR count). The number of hydrogen-bond donors (Lipinski definition) is 0. The summed E-state index contributed by atoms with van der Waals surface area (Å²) in [6.45, 7) is 4.25.